The molecule has 0 aliphatic carbocycles. The second kappa shape index (κ2) is 4.61. The van der Waals surface area contributed by atoms with Gasteiger partial charge in [0, 0.05) is 5.70 Å². The Hall–Kier alpha value is -1.18. The molecular formula is C9H16N2. The largest absolute Gasteiger partial charge is 0.401 e. The fraction of sp³-hybridized carbons (Fsp3) is 0.333. The molecule has 0 rings (SSSR count). The van der Waals surface area contributed by atoms with Gasteiger partial charge in [0.05, 0.1) is 5.70 Å². The predicted octanol–water partition coefficient (Wildman–Crippen LogP) is 1.66. The lowest BCUT2D eigenvalue weighted by atomic mass is 10.2. The van der Waals surface area contributed by atoms with Gasteiger partial charge in [0.1, 0.15) is 0 Å². The summed E-state index contributed by atoms with van der Waals surface area (Å²) in [4.78, 5) is 0. The lowest BCUT2D eigenvalue weighted by Gasteiger charge is -1.95. The lowest BCUT2D eigenvalue weighted by Crippen LogP contribution is -2.03. The highest BCUT2D eigenvalue weighted by molar-refractivity contribution is 5.26. The standard InChI is InChI=1S/C9H16N2/c1-4-7(2)5-6-9(11)8(3)10/h4-6H,10-11H2,1-3H3/b6-5-,7-4+,9-8-. The van der Waals surface area contributed by atoms with Crippen LogP contribution in [0.2, 0.25) is 0 Å². The van der Waals surface area contributed by atoms with Crippen LogP contribution in [0.1, 0.15) is 20.8 Å². The van der Waals surface area contributed by atoms with Crippen LogP contribution in [0.15, 0.2) is 35.2 Å². The highest BCUT2D eigenvalue weighted by Crippen LogP contribution is 1.97. The van der Waals surface area contributed by atoms with Crippen molar-refractivity contribution in [3.8, 4) is 0 Å². The molecule has 0 fully saturated rings. The molecule has 2 heteroatoms. The van der Waals surface area contributed by atoms with Crippen LogP contribution in [0.3, 0.4) is 0 Å². The molecule has 0 aliphatic rings. The summed E-state index contributed by atoms with van der Waals surface area (Å²) < 4.78 is 0. The van der Waals surface area contributed by atoms with Gasteiger partial charge in [-0.05, 0) is 26.8 Å². The van der Waals surface area contributed by atoms with Gasteiger partial charge >= 0.3 is 0 Å². The quantitative estimate of drug-likeness (QED) is 0.591. The molecule has 0 atom stereocenters. The van der Waals surface area contributed by atoms with Crippen LogP contribution in [-0.4, -0.2) is 0 Å². The summed E-state index contributed by atoms with van der Waals surface area (Å²) in [5.41, 5.74) is 13.5. The van der Waals surface area contributed by atoms with Crippen molar-refractivity contribution >= 4 is 0 Å². The Kier molecular flexibility index (Phi) is 4.11. The van der Waals surface area contributed by atoms with Crippen LogP contribution in [0, 0.1) is 0 Å². The van der Waals surface area contributed by atoms with Gasteiger partial charge < -0.3 is 11.5 Å². The Balaban J connectivity index is 4.27. The van der Waals surface area contributed by atoms with E-state index >= 15 is 0 Å². The van der Waals surface area contributed by atoms with E-state index in [0.717, 1.165) is 0 Å². The first-order chi connectivity index (χ1) is 5.07. The van der Waals surface area contributed by atoms with Crippen molar-refractivity contribution in [2.24, 2.45) is 11.5 Å². The molecule has 0 heterocycles. The summed E-state index contributed by atoms with van der Waals surface area (Å²) in [7, 11) is 0. The number of hydrogen-bond donors (Lipinski definition) is 2. The SMILES string of the molecule is C/C=C(C)/C=C\C(N)=C(/C)N. The van der Waals surface area contributed by atoms with E-state index in [1.807, 2.05) is 32.1 Å². The molecule has 62 valence electrons. The third-order valence-electron chi connectivity index (χ3n) is 1.44. The van der Waals surface area contributed by atoms with Gasteiger partial charge in [-0.3, -0.25) is 0 Å². The Morgan fingerprint density at radius 1 is 1.09 bits per heavy atom. The molecule has 0 radical (unpaired) electrons. The first-order valence-corrected chi connectivity index (χ1v) is 3.60. The zero-order valence-corrected chi connectivity index (χ0v) is 7.39. The van der Waals surface area contributed by atoms with Crippen LogP contribution in [0.5, 0.6) is 0 Å². The van der Waals surface area contributed by atoms with Crippen molar-refractivity contribution < 1.29 is 0 Å². The van der Waals surface area contributed by atoms with Gasteiger partial charge in [0.2, 0.25) is 0 Å². The number of allylic oxidation sites excluding steroid dienone is 5. The molecule has 0 aromatic heterocycles. The molecule has 0 amide bonds. The summed E-state index contributed by atoms with van der Waals surface area (Å²) >= 11 is 0. The van der Waals surface area contributed by atoms with Crippen LogP contribution >= 0.6 is 0 Å². The average Bonchev–Trinajstić information content (AvgIpc) is 1.99. The minimum Gasteiger partial charge on any atom is -0.401 e. The highest BCUT2D eigenvalue weighted by Gasteiger charge is 1.85. The number of hydrogen-bond acceptors (Lipinski definition) is 2. The van der Waals surface area contributed by atoms with Gasteiger partial charge in [-0.2, -0.15) is 0 Å². The monoisotopic (exact) mass is 152 g/mol. The van der Waals surface area contributed by atoms with Crippen molar-refractivity contribution in [2.75, 3.05) is 0 Å². The first-order valence-electron chi connectivity index (χ1n) is 3.60. The molecule has 4 N–H and O–H groups in total. The fourth-order valence-electron chi connectivity index (χ4n) is 0.449. The molecule has 0 aliphatic heterocycles. The van der Waals surface area contributed by atoms with Crippen molar-refractivity contribution in [3.05, 3.63) is 35.2 Å². The summed E-state index contributed by atoms with van der Waals surface area (Å²) in [6, 6.07) is 0. The van der Waals surface area contributed by atoms with Crippen LogP contribution in [0.4, 0.5) is 0 Å². The predicted molar refractivity (Wildman–Crippen MR) is 49.6 cm³/mol. The Morgan fingerprint density at radius 3 is 2.00 bits per heavy atom. The van der Waals surface area contributed by atoms with E-state index in [9.17, 15) is 0 Å². The Labute approximate surface area is 68.3 Å². The molecule has 0 saturated carbocycles. The molecule has 0 bridgehead atoms. The van der Waals surface area contributed by atoms with E-state index in [1.54, 1.807) is 6.92 Å². The summed E-state index contributed by atoms with van der Waals surface area (Å²) in [5, 5.41) is 0. The lowest BCUT2D eigenvalue weighted by molar-refractivity contribution is 1.21. The van der Waals surface area contributed by atoms with E-state index in [4.69, 9.17) is 11.5 Å². The minimum atomic E-state index is 0.631. The maximum absolute atomic E-state index is 5.56. The first kappa shape index (κ1) is 9.82. The second-order valence-electron chi connectivity index (χ2n) is 2.50. The normalized spacial score (nSPS) is 15.4. The van der Waals surface area contributed by atoms with Crippen molar-refractivity contribution in [1.29, 1.82) is 0 Å². The average molecular weight is 152 g/mol. The third kappa shape index (κ3) is 4.25. The molecule has 0 aromatic rings. The van der Waals surface area contributed by atoms with Crippen LogP contribution < -0.4 is 11.5 Å². The van der Waals surface area contributed by atoms with Crippen molar-refractivity contribution in [2.45, 2.75) is 20.8 Å². The molecule has 0 saturated heterocycles. The van der Waals surface area contributed by atoms with Crippen molar-refractivity contribution in [1.82, 2.24) is 0 Å². The van der Waals surface area contributed by atoms with E-state index in [1.165, 1.54) is 5.57 Å². The molecule has 0 aromatic carbocycles. The molecular weight excluding hydrogens is 136 g/mol. The van der Waals surface area contributed by atoms with Gasteiger partial charge in [0.15, 0.2) is 0 Å². The molecule has 2 nitrogen and oxygen atoms in total. The zero-order chi connectivity index (χ0) is 8.85. The Morgan fingerprint density at radius 2 is 1.64 bits per heavy atom. The second-order valence-corrected chi connectivity index (χ2v) is 2.50. The van der Waals surface area contributed by atoms with Gasteiger partial charge in [-0.25, -0.2) is 0 Å². The smallest absolute Gasteiger partial charge is 0.0501 e. The van der Waals surface area contributed by atoms with Gasteiger partial charge in [-0.15, -0.1) is 0 Å². The van der Waals surface area contributed by atoms with Crippen molar-refractivity contribution in [3.63, 3.8) is 0 Å². The summed E-state index contributed by atoms with van der Waals surface area (Å²) in [6.45, 7) is 5.77. The molecule has 0 unspecified atom stereocenters. The van der Waals surface area contributed by atoms with E-state index in [-0.39, 0.29) is 0 Å². The van der Waals surface area contributed by atoms with E-state index < -0.39 is 0 Å². The maximum Gasteiger partial charge on any atom is 0.0501 e. The maximum atomic E-state index is 5.56. The highest BCUT2D eigenvalue weighted by atomic mass is 14.7. The Bertz CT molecular complexity index is 206. The van der Waals surface area contributed by atoms with Gasteiger partial charge in [0.25, 0.3) is 0 Å². The molecule has 0 spiro atoms. The summed E-state index contributed by atoms with van der Waals surface area (Å²) in [5.74, 6) is 0. The summed E-state index contributed by atoms with van der Waals surface area (Å²) in [6.07, 6.45) is 5.76. The molecule has 11 heavy (non-hydrogen) atoms. The topological polar surface area (TPSA) is 52.0 Å². The minimum absolute atomic E-state index is 0.631. The fourth-order valence-corrected chi connectivity index (χ4v) is 0.449. The third-order valence-corrected chi connectivity index (χ3v) is 1.44. The van der Waals surface area contributed by atoms with E-state index in [2.05, 4.69) is 0 Å². The van der Waals surface area contributed by atoms with Crippen LogP contribution in [0.25, 0.3) is 0 Å². The zero-order valence-electron chi connectivity index (χ0n) is 7.39. The number of nitrogens with two attached hydrogens (primary N) is 2. The van der Waals surface area contributed by atoms with E-state index in [0.29, 0.717) is 11.4 Å². The van der Waals surface area contributed by atoms with Gasteiger partial charge in [-0.1, -0.05) is 17.7 Å². The van der Waals surface area contributed by atoms with Crippen LogP contribution in [-0.2, 0) is 0 Å². The number of rotatable bonds is 2.